The molecule has 0 saturated carbocycles. The molecule has 0 aliphatic carbocycles. The SMILES string of the molecule is OCCOCCO.OCCOCCO.OCCOCCO.OP(O)O. The maximum Gasteiger partial charge on any atom is 0.324 e. The Morgan fingerprint density at radius 2 is 0.520 bits per heavy atom. The van der Waals surface area contributed by atoms with E-state index in [1.165, 1.54) is 0 Å². The highest BCUT2D eigenvalue weighted by atomic mass is 31.2. The van der Waals surface area contributed by atoms with Gasteiger partial charge in [0.05, 0.1) is 79.3 Å². The van der Waals surface area contributed by atoms with E-state index in [0.29, 0.717) is 39.6 Å². The molecule has 12 nitrogen and oxygen atoms in total. The van der Waals surface area contributed by atoms with Gasteiger partial charge in [-0.15, -0.1) is 0 Å². The van der Waals surface area contributed by atoms with Gasteiger partial charge in [-0.1, -0.05) is 0 Å². The molecule has 0 amide bonds. The van der Waals surface area contributed by atoms with Gasteiger partial charge in [-0.05, 0) is 0 Å². The maximum atomic E-state index is 8.09. The van der Waals surface area contributed by atoms with Gasteiger partial charge in [-0.25, -0.2) is 0 Å². The molecule has 13 heteroatoms. The fraction of sp³-hybridized carbons (Fsp3) is 1.00. The molecule has 0 bridgehead atoms. The summed E-state index contributed by atoms with van der Waals surface area (Å²) in [6.45, 7) is 2.09. The van der Waals surface area contributed by atoms with Crippen LogP contribution in [0.5, 0.6) is 0 Å². The third-order valence-corrected chi connectivity index (χ3v) is 1.41. The maximum absolute atomic E-state index is 8.09. The Balaban J connectivity index is -0.000000120. The molecule has 0 heterocycles. The van der Waals surface area contributed by atoms with Crippen LogP contribution in [-0.2, 0) is 14.2 Å². The van der Waals surface area contributed by atoms with Crippen molar-refractivity contribution in [2.45, 2.75) is 0 Å². The first-order valence-corrected chi connectivity index (χ1v) is 8.43. The number of hydrogen-bond acceptors (Lipinski definition) is 12. The molecule has 0 radical (unpaired) electrons. The molecule has 0 unspecified atom stereocenters. The zero-order valence-corrected chi connectivity index (χ0v) is 15.1. The van der Waals surface area contributed by atoms with Crippen molar-refractivity contribution >= 4 is 8.60 Å². The minimum atomic E-state index is -2.62. The molecule has 0 aromatic rings. The van der Waals surface area contributed by atoms with Gasteiger partial charge < -0.3 is 59.5 Å². The van der Waals surface area contributed by atoms with Crippen molar-refractivity contribution in [3.63, 3.8) is 0 Å². The average molecular weight is 400 g/mol. The van der Waals surface area contributed by atoms with Crippen LogP contribution in [0.4, 0.5) is 0 Å². The molecule has 0 aromatic heterocycles. The lowest BCUT2D eigenvalue weighted by Gasteiger charge is -1.94. The van der Waals surface area contributed by atoms with Crippen LogP contribution in [0, 0.1) is 0 Å². The van der Waals surface area contributed by atoms with Crippen molar-refractivity contribution in [3.05, 3.63) is 0 Å². The summed E-state index contributed by atoms with van der Waals surface area (Å²) in [7, 11) is -2.62. The molecule has 0 spiro atoms. The monoisotopic (exact) mass is 400 g/mol. The topological polar surface area (TPSA) is 210 Å². The lowest BCUT2D eigenvalue weighted by molar-refractivity contribution is 0.0649. The average Bonchev–Trinajstić information content (AvgIpc) is 2.57. The minimum absolute atomic E-state index is 0.0278. The summed E-state index contributed by atoms with van der Waals surface area (Å²) in [4.78, 5) is 21.7. The van der Waals surface area contributed by atoms with E-state index in [9.17, 15) is 0 Å². The highest BCUT2D eigenvalue weighted by molar-refractivity contribution is 7.38. The third-order valence-electron chi connectivity index (χ3n) is 1.41. The molecular weight excluding hydrogens is 367 g/mol. The van der Waals surface area contributed by atoms with Crippen LogP contribution in [0.1, 0.15) is 0 Å². The first-order valence-electron chi connectivity index (χ1n) is 7.23. The predicted octanol–water partition coefficient (Wildman–Crippen LogP) is -3.85. The number of rotatable bonds is 12. The molecule has 0 aromatic carbocycles. The normalized spacial score (nSPS) is 9.36. The zero-order valence-electron chi connectivity index (χ0n) is 14.2. The van der Waals surface area contributed by atoms with Gasteiger partial charge in [0.1, 0.15) is 0 Å². The Morgan fingerprint density at radius 1 is 0.400 bits per heavy atom. The van der Waals surface area contributed by atoms with Crippen molar-refractivity contribution < 1.29 is 59.5 Å². The zero-order chi connectivity index (χ0) is 20.2. The quantitative estimate of drug-likeness (QED) is 0.114. The van der Waals surface area contributed by atoms with Crippen LogP contribution in [0.15, 0.2) is 0 Å². The van der Waals surface area contributed by atoms with E-state index in [2.05, 4.69) is 14.2 Å². The minimum Gasteiger partial charge on any atom is -0.394 e. The first-order chi connectivity index (χ1) is 12.0. The number of aliphatic hydroxyl groups is 6. The summed E-state index contributed by atoms with van der Waals surface area (Å²) in [6, 6.07) is 0. The summed E-state index contributed by atoms with van der Waals surface area (Å²) in [6.07, 6.45) is 0. The van der Waals surface area contributed by atoms with E-state index >= 15 is 0 Å². The summed E-state index contributed by atoms with van der Waals surface area (Å²) in [5, 5.41) is 48.5. The highest BCUT2D eigenvalue weighted by Gasteiger charge is 1.80. The Morgan fingerprint density at radius 3 is 0.600 bits per heavy atom. The molecule has 0 aliphatic rings. The van der Waals surface area contributed by atoms with Crippen LogP contribution in [-0.4, -0.2) is 125 Å². The molecule has 158 valence electrons. The number of hydrogen-bond donors (Lipinski definition) is 9. The smallest absolute Gasteiger partial charge is 0.324 e. The first kappa shape index (κ1) is 32.6. The largest absolute Gasteiger partial charge is 0.394 e. The van der Waals surface area contributed by atoms with Gasteiger partial charge in [-0.2, -0.15) is 0 Å². The van der Waals surface area contributed by atoms with Crippen LogP contribution >= 0.6 is 8.60 Å². The Kier molecular flexibility index (Phi) is 51.1. The van der Waals surface area contributed by atoms with Gasteiger partial charge in [0.15, 0.2) is 0 Å². The van der Waals surface area contributed by atoms with E-state index in [1.54, 1.807) is 0 Å². The fourth-order valence-electron chi connectivity index (χ4n) is 0.693. The Labute approximate surface area is 148 Å². The Hall–Kier alpha value is -0.0500. The summed E-state index contributed by atoms with van der Waals surface area (Å²) < 4.78 is 13.9. The van der Waals surface area contributed by atoms with E-state index in [-0.39, 0.29) is 39.6 Å². The van der Waals surface area contributed by atoms with Crippen LogP contribution in [0.3, 0.4) is 0 Å². The molecule has 0 fully saturated rings. The van der Waals surface area contributed by atoms with Gasteiger partial charge in [0, 0.05) is 0 Å². The Bertz CT molecular complexity index is 140. The molecule has 0 atom stereocenters. The number of aliphatic hydroxyl groups excluding tert-OH is 6. The van der Waals surface area contributed by atoms with Crippen molar-refractivity contribution in [3.8, 4) is 0 Å². The second kappa shape index (κ2) is 39.2. The molecule has 9 N–H and O–H groups in total. The van der Waals surface area contributed by atoms with Gasteiger partial charge in [0.2, 0.25) is 0 Å². The van der Waals surface area contributed by atoms with E-state index in [0.717, 1.165) is 0 Å². The number of ether oxygens (including phenoxy) is 3. The highest BCUT2D eigenvalue weighted by Crippen LogP contribution is 2.11. The molecule has 0 rings (SSSR count). The lowest BCUT2D eigenvalue weighted by Crippen LogP contribution is -2.03. The van der Waals surface area contributed by atoms with Crippen molar-refractivity contribution in [2.24, 2.45) is 0 Å². The summed E-state index contributed by atoms with van der Waals surface area (Å²) in [5.74, 6) is 0. The van der Waals surface area contributed by atoms with Gasteiger partial charge >= 0.3 is 8.60 Å². The summed E-state index contributed by atoms with van der Waals surface area (Å²) in [5.41, 5.74) is 0. The molecular formula is C12H33O12P. The lowest BCUT2D eigenvalue weighted by atomic mass is 10.7. The predicted molar refractivity (Wildman–Crippen MR) is 88.5 cm³/mol. The fourth-order valence-corrected chi connectivity index (χ4v) is 0.693. The van der Waals surface area contributed by atoms with E-state index < -0.39 is 8.60 Å². The third kappa shape index (κ3) is 80.8. The van der Waals surface area contributed by atoms with E-state index in [1.807, 2.05) is 0 Å². The van der Waals surface area contributed by atoms with E-state index in [4.69, 9.17) is 45.3 Å². The summed E-state index contributed by atoms with van der Waals surface area (Å²) >= 11 is 0. The second-order valence-corrected chi connectivity index (χ2v) is 3.98. The second-order valence-electron chi connectivity index (χ2n) is 3.45. The van der Waals surface area contributed by atoms with Crippen LogP contribution < -0.4 is 0 Å². The molecule has 0 saturated heterocycles. The van der Waals surface area contributed by atoms with Crippen molar-refractivity contribution in [2.75, 3.05) is 79.3 Å². The van der Waals surface area contributed by atoms with Crippen molar-refractivity contribution in [1.82, 2.24) is 0 Å². The van der Waals surface area contributed by atoms with Crippen molar-refractivity contribution in [1.29, 1.82) is 0 Å². The molecule has 25 heavy (non-hydrogen) atoms. The van der Waals surface area contributed by atoms with Gasteiger partial charge in [-0.3, -0.25) is 0 Å². The van der Waals surface area contributed by atoms with Gasteiger partial charge in [0.25, 0.3) is 0 Å². The van der Waals surface area contributed by atoms with Crippen LogP contribution in [0.2, 0.25) is 0 Å². The molecule has 0 aliphatic heterocycles. The van der Waals surface area contributed by atoms with Crippen LogP contribution in [0.25, 0.3) is 0 Å². The standard InChI is InChI=1S/3C4H10O3.H3O3P/c3*5-1-3-7-4-2-6;1-4(2)3/h3*5-6H,1-4H2;1-3H.